The summed E-state index contributed by atoms with van der Waals surface area (Å²) in [5, 5.41) is 14.0. The van der Waals surface area contributed by atoms with Gasteiger partial charge in [0.2, 0.25) is 11.8 Å². The van der Waals surface area contributed by atoms with Crippen molar-refractivity contribution in [1.29, 1.82) is 0 Å². The molecular formula is C23H33N5O4. The van der Waals surface area contributed by atoms with Crippen LogP contribution in [-0.2, 0) is 9.59 Å². The van der Waals surface area contributed by atoms with Crippen molar-refractivity contribution in [3.63, 3.8) is 0 Å². The highest BCUT2D eigenvalue weighted by molar-refractivity contribution is 5.79. The molecule has 0 spiro atoms. The number of piperazine rings is 1. The number of nitrogens with zero attached hydrogens (tertiary/aromatic N) is 4. The number of hydrogen-bond acceptors (Lipinski definition) is 6. The van der Waals surface area contributed by atoms with Crippen molar-refractivity contribution in [1.82, 2.24) is 15.2 Å². The van der Waals surface area contributed by atoms with E-state index in [1.165, 1.54) is 37.9 Å². The number of amides is 2. The molecule has 9 nitrogen and oxygen atoms in total. The number of carbonyl (C=O) groups excluding carboxylic acids is 2. The molecule has 2 heterocycles. The summed E-state index contributed by atoms with van der Waals surface area (Å²) in [4.78, 5) is 43.8. The van der Waals surface area contributed by atoms with Crippen molar-refractivity contribution >= 4 is 23.3 Å². The Morgan fingerprint density at radius 1 is 1.03 bits per heavy atom. The maximum absolute atomic E-state index is 13.0. The highest BCUT2D eigenvalue weighted by Crippen LogP contribution is 2.29. The lowest BCUT2D eigenvalue weighted by molar-refractivity contribution is -0.385. The number of rotatable bonds is 6. The fourth-order valence-electron chi connectivity index (χ4n) is 5.34. The Morgan fingerprint density at radius 2 is 1.72 bits per heavy atom. The standard InChI is InChI=1S/C23H33N5O4/c29-22(15-17-3-1-2-4-17)25-19-7-5-18(6-8-19)23(30)27-13-11-26(12-14-27)21-10-9-20(16-24-21)28(31)32/h9-10,16-19H,1-8,11-15H2,(H,25,29). The molecule has 2 saturated carbocycles. The van der Waals surface area contributed by atoms with Gasteiger partial charge in [-0.3, -0.25) is 19.7 Å². The van der Waals surface area contributed by atoms with Crippen molar-refractivity contribution in [2.45, 2.75) is 63.8 Å². The van der Waals surface area contributed by atoms with Gasteiger partial charge in [-0.2, -0.15) is 0 Å². The predicted octanol–water partition coefficient (Wildman–Crippen LogP) is 2.89. The van der Waals surface area contributed by atoms with E-state index >= 15 is 0 Å². The molecule has 0 bridgehead atoms. The monoisotopic (exact) mass is 443 g/mol. The number of anilines is 1. The second-order valence-corrected chi connectivity index (χ2v) is 9.41. The SMILES string of the molecule is O=C(CC1CCCC1)NC1CCC(C(=O)N2CCN(c3ccc([N+](=O)[O-])cn3)CC2)CC1. The van der Waals surface area contributed by atoms with Crippen LogP contribution in [0.1, 0.15) is 57.8 Å². The molecular weight excluding hydrogens is 410 g/mol. The van der Waals surface area contributed by atoms with Gasteiger partial charge in [0, 0.05) is 50.6 Å². The molecule has 1 aliphatic heterocycles. The Morgan fingerprint density at radius 3 is 2.31 bits per heavy atom. The first kappa shape index (κ1) is 22.5. The first-order chi connectivity index (χ1) is 15.5. The third-order valence-corrected chi connectivity index (χ3v) is 7.25. The first-order valence-electron chi connectivity index (χ1n) is 11.9. The summed E-state index contributed by atoms with van der Waals surface area (Å²) in [7, 11) is 0. The van der Waals surface area contributed by atoms with Crippen molar-refractivity contribution in [2.75, 3.05) is 31.1 Å². The van der Waals surface area contributed by atoms with E-state index in [-0.39, 0.29) is 29.5 Å². The van der Waals surface area contributed by atoms with E-state index < -0.39 is 4.92 Å². The predicted molar refractivity (Wildman–Crippen MR) is 120 cm³/mol. The first-order valence-corrected chi connectivity index (χ1v) is 11.9. The van der Waals surface area contributed by atoms with E-state index in [1.54, 1.807) is 6.07 Å². The summed E-state index contributed by atoms with van der Waals surface area (Å²) in [5.41, 5.74) is -0.0205. The minimum atomic E-state index is -0.455. The number of pyridine rings is 1. The van der Waals surface area contributed by atoms with E-state index in [1.807, 2.05) is 4.90 Å². The second kappa shape index (κ2) is 10.3. The normalized spacial score (nSPS) is 24.4. The van der Waals surface area contributed by atoms with Crippen LogP contribution in [0.15, 0.2) is 18.3 Å². The molecule has 0 radical (unpaired) electrons. The molecule has 1 saturated heterocycles. The molecule has 1 aromatic rings. The molecule has 4 rings (SSSR count). The van der Waals surface area contributed by atoms with E-state index in [9.17, 15) is 19.7 Å². The van der Waals surface area contributed by atoms with Crippen LogP contribution in [-0.4, -0.2) is 58.8 Å². The van der Waals surface area contributed by atoms with Gasteiger partial charge in [-0.15, -0.1) is 0 Å². The Kier molecular flexibility index (Phi) is 7.22. The van der Waals surface area contributed by atoms with E-state index in [0.29, 0.717) is 44.3 Å². The summed E-state index contributed by atoms with van der Waals surface area (Å²) in [6.07, 6.45) is 10.2. The molecule has 3 aliphatic rings. The molecule has 174 valence electrons. The van der Waals surface area contributed by atoms with E-state index in [2.05, 4.69) is 15.2 Å². The largest absolute Gasteiger partial charge is 0.353 e. The number of aromatic nitrogens is 1. The van der Waals surface area contributed by atoms with Gasteiger partial charge in [-0.1, -0.05) is 12.8 Å². The minimum absolute atomic E-state index is 0.0205. The van der Waals surface area contributed by atoms with Gasteiger partial charge in [0.25, 0.3) is 5.69 Å². The molecule has 0 aromatic carbocycles. The van der Waals surface area contributed by atoms with Gasteiger partial charge >= 0.3 is 0 Å². The summed E-state index contributed by atoms with van der Waals surface area (Å²) in [6, 6.07) is 3.33. The van der Waals surface area contributed by atoms with Crippen molar-refractivity contribution in [3.05, 3.63) is 28.4 Å². The van der Waals surface area contributed by atoms with Crippen LogP contribution in [0, 0.1) is 22.0 Å². The lowest BCUT2D eigenvalue weighted by Crippen LogP contribution is -2.51. The van der Waals surface area contributed by atoms with Gasteiger partial charge in [-0.25, -0.2) is 4.98 Å². The van der Waals surface area contributed by atoms with Crippen LogP contribution >= 0.6 is 0 Å². The van der Waals surface area contributed by atoms with Crippen molar-refractivity contribution in [2.24, 2.45) is 11.8 Å². The van der Waals surface area contributed by atoms with Crippen LogP contribution in [0.5, 0.6) is 0 Å². The maximum atomic E-state index is 13.0. The van der Waals surface area contributed by atoms with Crippen LogP contribution in [0.2, 0.25) is 0 Å². The lowest BCUT2D eigenvalue weighted by Gasteiger charge is -2.38. The molecule has 9 heteroatoms. The third kappa shape index (κ3) is 5.55. The molecule has 1 N–H and O–H groups in total. The Balaban J connectivity index is 1.19. The summed E-state index contributed by atoms with van der Waals surface area (Å²) < 4.78 is 0. The molecule has 0 unspecified atom stereocenters. The van der Waals surface area contributed by atoms with Crippen LogP contribution in [0.4, 0.5) is 11.5 Å². The van der Waals surface area contributed by atoms with E-state index in [4.69, 9.17) is 0 Å². The van der Waals surface area contributed by atoms with Crippen molar-refractivity contribution < 1.29 is 14.5 Å². The van der Waals surface area contributed by atoms with Gasteiger partial charge in [0.1, 0.15) is 12.0 Å². The Bertz CT molecular complexity index is 808. The van der Waals surface area contributed by atoms with Crippen LogP contribution < -0.4 is 10.2 Å². The quantitative estimate of drug-likeness (QED) is 0.535. The zero-order valence-corrected chi connectivity index (χ0v) is 18.6. The van der Waals surface area contributed by atoms with Crippen LogP contribution in [0.3, 0.4) is 0 Å². The minimum Gasteiger partial charge on any atom is -0.353 e. The molecule has 1 aromatic heterocycles. The summed E-state index contributed by atoms with van der Waals surface area (Å²) >= 11 is 0. The Labute approximate surface area is 188 Å². The Hall–Kier alpha value is -2.71. The second-order valence-electron chi connectivity index (χ2n) is 9.41. The molecule has 32 heavy (non-hydrogen) atoms. The van der Waals surface area contributed by atoms with Gasteiger partial charge in [0.15, 0.2) is 0 Å². The summed E-state index contributed by atoms with van der Waals surface area (Å²) in [5.74, 6) is 1.71. The lowest BCUT2D eigenvalue weighted by atomic mass is 9.85. The van der Waals surface area contributed by atoms with Crippen LogP contribution in [0.25, 0.3) is 0 Å². The highest BCUT2D eigenvalue weighted by Gasteiger charge is 2.32. The fraction of sp³-hybridized carbons (Fsp3) is 0.696. The van der Waals surface area contributed by atoms with Gasteiger partial charge in [-0.05, 0) is 50.5 Å². The maximum Gasteiger partial charge on any atom is 0.287 e. The third-order valence-electron chi connectivity index (χ3n) is 7.25. The smallest absolute Gasteiger partial charge is 0.287 e. The molecule has 0 atom stereocenters. The zero-order valence-electron chi connectivity index (χ0n) is 18.6. The number of hydrogen-bond donors (Lipinski definition) is 1. The van der Waals surface area contributed by atoms with Gasteiger partial charge < -0.3 is 15.1 Å². The zero-order chi connectivity index (χ0) is 22.5. The van der Waals surface area contributed by atoms with E-state index in [0.717, 1.165) is 25.7 Å². The highest BCUT2D eigenvalue weighted by atomic mass is 16.6. The van der Waals surface area contributed by atoms with Gasteiger partial charge in [0.05, 0.1) is 4.92 Å². The fourth-order valence-corrected chi connectivity index (χ4v) is 5.34. The summed E-state index contributed by atoms with van der Waals surface area (Å²) in [6.45, 7) is 2.61. The number of nitrogens with one attached hydrogen (secondary N) is 1. The number of nitro groups is 1. The number of carbonyl (C=O) groups is 2. The topological polar surface area (TPSA) is 109 Å². The molecule has 2 amide bonds. The van der Waals surface area contributed by atoms with Crippen molar-refractivity contribution in [3.8, 4) is 0 Å². The average molecular weight is 444 g/mol. The molecule has 3 fully saturated rings. The molecule has 2 aliphatic carbocycles. The average Bonchev–Trinajstić information content (AvgIpc) is 3.32.